The molecule has 0 spiro atoms. The molecule has 0 aliphatic rings. The summed E-state index contributed by atoms with van der Waals surface area (Å²) < 4.78 is 5.60. The molecule has 5 nitrogen and oxygen atoms in total. The van der Waals surface area contributed by atoms with Gasteiger partial charge in [0.15, 0.2) is 5.96 Å². The molecule has 1 atom stereocenters. The van der Waals surface area contributed by atoms with Crippen LogP contribution in [0.5, 0.6) is 0 Å². The summed E-state index contributed by atoms with van der Waals surface area (Å²) >= 11 is 0. The average Bonchev–Trinajstić information content (AvgIpc) is 3.09. The molecule has 0 aliphatic heterocycles. The fourth-order valence-electron chi connectivity index (χ4n) is 3.24. The molecule has 27 heavy (non-hydrogen) atoms. The molecule has 3 N–H and O–H groups in total. The molecule has 0 fully saturated rings. The van der Waals surface area contributed by atoms with Crippen molar-refractivity contribution in [1.82, 2.24) is 15.6 Å². The predicted molar refractivity (Wildman–Crippen MR) is 112 cm³/mol. The van der Waals surface area contributed by atoms with Crippen LogP contribution in [0.15, 0.2) is 59.7 Å². The number of hydrogen-bond acceptors (Lipinski definition) is 2. The molecule has 0 aliphatic carbocycles. The van der Waals surface area contributed by atoms with Crippen LogP contribution in [0.3, 0.4) is 0 Å². The van der Waals surface area contributed by atoms with Gasteiger partial charge in [0.25, 0.3) is 0 Å². The van der Waals surface area contributed by atoms with E-state index in [1.807, 2.05) is 18.2 Å². The van der Waals surface area contributed by atoms with E-state index in [0.717, 1.165) is 24.5 Å². The molecule has 1 aromatic heterocycles. The number of fused-ring (bicyclic) bond motifs is 1. The van der Waals surface area contributed by atoms with Crippen LogP contribution < -0.4 is 10.6 Å². The smallest absolute Gasteiger partial charge is 0.191 e. The van der Waals surface area contributed by atoms with Crippen molar-refractivity contribution < 1.29 is 4.74 Å². The second-order valence-electron chi connectivity index (χ2n) is 6.63. The molecule has 0 bridgehead atoms. The van der Waals surface area contributed by atoms with Gasteiger partial charge >= 0.3 is 0 Å². The number of aromatic nitrogens is 1. The van der Waals surface area contributed by atoms with Crippen molar-refractivity contribution in [3.8, 4) is 0 Å². The molecule has 5 heteroatoms. The van der Waals surface area contributed by atoms with Crippen LogP contribution in [0, 0.1) is 6.92 Å². The number of benzene rings is 2. The van der Waals surface area contributed by atoms with Gasteiger partial charge in [-0.05, 0) is 36.1 Å². The zero-order valence-electron chi connectivity index (χ0n) is 16.3. The van der Waals surface area contributed by atoms with Crippen molar-refractivity contribution in [3.05, 3.63) is 71.4 Å². The summed E-state index contributed by atoms with van der Waals surface area (Å²) in [6, 6.07) is 16.7. The van der Waals surface area contributed by atoms with Crippen molar-refractivity contribution in [2.75, 3.05) is 27.2 Å². The van der Waals surface area contributed by atoms with Gasteiger partial charge in [0, 0.05) is 44.3 Å². The number of rotatable bonds is 7. The monoisotopic (exact) mass is 364 g/mol. The second kappa shape index (κ2) is 9.24. The lowest BCUT2D eigenvalue weighted by Crippen LogP contribution is -2.40. The highest BCUT2D eigenvalue weighted by Crippen LogP contribution is 2.19. The Labute approximate surface area is 160 Å². The maximum Gasteiger partial charge on any atom is 0.191 e. The maximum atomic E-state index is 5.60. The van der Waals surface area contributed by atoms with Crippen LogP contribution >= 0.6 is 0 Å². The minimum absolute atomic E-state index is 0.0124. The van der Waals surface area contributed by atoms with Crippen LogP contribution in [-0.2, 0) is 11.2 Å². The highest BCUT2D eigenvalue weighted by molar-refractivity contribution is 5.84. The molecule has 0 saturated heterocycles. The van der Waals surface area contributed by atoms with Gasteiger partial charge in [-0.3, -0.25) is 4.99 Å². The lowest BCUT2D eigenvalue weighted by molar-refractivity contribution is 0.106. The number of hydrogen-bond donors (Lipinski definition) is 3. The number of ether oxygens (including phenoxy) is 1. The Morgan fingerprint density at radius 1 is 1.15 bits per heavy atom. The third-order valence-electron chi connectivity index (χ3n) is 4.74. The first-order chi connectivity index (χ1) is 13.2. The van der Waals surface area contributed by atoms with E-state index in [4.69, 9.17) is 4.74 Å². The molecule has 0 radical (unpaired) electrons. The Morgan fingerprint density at radius 3 is 2.70 bits per heavy atom. The molecule has 1 heterocycles. The van der Waals surface area contributed by atoms with Crippen LogP contribution in [0.4, 0.5) is 0 Å². The summed E-state index contributed by atoms with van der Waals surface area (Å²) in [5.41, 5.74) is 4.92. The third kappa shape index (κ3) is 4.89. The Hall–Kier alpha value is -2.79. The molecule has 0 amide bonds. The van der Waals surface area contributed by atoms with E-state index in [1.54, 1.807) is 14.2 Å². The second-order valence-corrected chi connectivity index (χ2v) is 6.63. The largest absolute Gasteiger partial charge is 0.375 e. The summed E-state index contributed by atoms with van der Waals surface area (Å²) in [6.07, 6.45) is 3.01. The number of guanidine groups is 1. The van der Waals surface area contributed by atoms with Crippen LogP contribution in [0.1, 0.15) is 22.8 Å². The van der Waals surface area contributed by atoms with Gasteiger partial charge in [-0.1, -0.05) is 42.5 Å². The number of aryl methyl sites for hydroxylation is 1. The van der Waals surface area contributed by atoms with E-state index in [9.17, 15) is 0 Å². The lowest BCUT2D eigenvalue weighted by atomic mass is 10.1. The van der Waals surface area contributed by atoms with Gasteiger partial charge in [0.05, 0.1) is 6.10 Å². The Kier molecular flexibility index (Phi) is 6.49. The molecule has 3 rings (SSSR count). The molecule has 1 unspecified atom stereocenters. The van der Waals surface area contributed by atoms with E-state index in [0.29, 0.717) is 6.54 Å². The van der Waals surface area contributed by atoms with Crippen molar-refractivity contribution in [3.63, 3.8) is 0 Å². The summed E-state index contributed by atoms with van der Waals surface area (Å²) in [7, 11) is 3.52. The van der Waals surface area contributed by atoms with E-state index in [1.165, 1.54) is 22.0 Å². The quantitative estimate of drug-likeness (QED) is 0.444. The zero-order valence-corrected chi connectivity index (χ0v) is 16.3. The minimum Gasteiger partial charge on any atom is -0.375 e. The van der Waals surface area contributed by atoms with E-state index in [-0.39, 0.29) is 6.10 Å². The minimum atomic E-state index is -0.0124. The van der Waals surface area contributed by atoms with Crippen LogP contribution in [-0.4, -0.2) is 38.2 Å². The summed E-state index contributed by atoms with van der Waals surface area (Å²) in [6.45, 7) is 3.58. The first kappa shape index (κ1) is 19.0. The fourth-order valence-corrected chi connectivity index (χ4v) is 3.24. The topological polar surface area (TPSA) is 61.4 Å². The number of aliphatic imine (C=N–C) groups is 1. The molecular weight excluding hydrogens is 336 g/mol. The Morgan fingerprint density at radius 2 is 1.96 bits per heavy atom. The normalized spacial score (nSPS) is 12.9. The Balaban J connectivity index is 1.51. The van der Waals surface area contributed by atoms with Crippen molar-refractivity contribution in [2.24, 2.45) is 4.99 Å². The van der Waals surface area contributed by atoms with Gasteiger partial charge in [-0.25, -0.2) is 0 Å². The van der Waals surface area contributed by atoms with Gasteiger partial charge in [-0.2, -0.15) is 0 Å². The van der Waals surface area contributed by atoms with Crippen LogP contribution in [0.25, 0.3) is 10.9 Å². The van der Waals surface area contributed by atoms with Crippen LogP contribution in [0.2, 0.25) is 0 Å². The standard InChI is InChI=1S/C22H28N4O/c1-16-9-10-19-18(14-25-20(19)13-16)11-12-24-22(23-2)26-15-21(27-3)17-7-5-4-6-8-17/h4-10,13-14,21,25H,11-12,15H2,1-3H3,(H2,23,24,26). The predicted octanol–water partition coefficient (Wildman–Crippen LogP) is 3.57. The summed E-state index contributed by atoms with van der Waals surface area (Å²) in [5.74, 6) is 0.781. The molecular formula is C22H28N4O. The average molecular weight is 364 g/mol. The highest BCUT2D eigenvalue weighted by Gasteiger charge is 2.11. The lowest BCUT2D eigenvalue weighted by Gasteiger charge is -2.18. The Bertz CT molecular complexity index is 886. The van der Waals surface area contributed by atoms with E-state index in [2.05, 4.69) is 64.1 Å². The highest BCUT2D eigenvalue weighted by atomic mass is 16.5. The first-order valence-electron chi connectivity index (χ1n) is 9.30. The number of methoxy groups -OCH3 is 1. The third-order valence-corrected chi connectivity index (χ3v) is 4.74. The van der Waals surface area contributed by atoms with Gasteiger partial charge in [-0.15, -0.1) is 0 Å². The molecule has 3 aromatic rings. The molecule has 2 aromatic carbocycles. The van der Waals surface area contributed by atoms with E-state index >= 15 is 0 Å². The van der Waals surface area contributed by atoms with Gasteiger partial charge in [0.2, 0.25) is 0 Å². The van der Waals surface area contributed by atoms with Crippen molar-refractivity contribution in [1.29, 1.82) is 0 Å². The maximum absolute atomic E-state index is 5.60. The zero-order chi connectivity index (χ0) is 19.1. The fraction of sp³-hybridized carbons (Fsp3) is 0.318. The number of nitrogens with zero attached hydrogens (tertiary/aromatic N) is 1. The first-order valence-corrected chi connectivity index (χ1v) is 9.30. The number of H-pyrrole nitrogens is 1. The number of aromatic amines is 1. The van der Waals surface area contributed by atoms with E-state index < -0.39 is 0 Å². The van der Waals surface area contributed by atoms with Gasteiger partial charge in [0.1, 0.15) is 0 Å². The summed E-state index contributed by atoms with van der Waals surface area (Å²) in [5, 5.41) is 8.02. The van der Waals surface area contributed by atoms with Crippen molar-refractivity contribution >= 4 is 16.9 Å². The van der Waals surface area contributed by atoms with Gasteiger partial charge < -0.3 is 20.4 Å². The molecule has 0 saturated carbocycles. The number of nitrogens with one attached hydrogen (secondary N) is 3. The molecule has 142 valence electrons. The SMILES string of the molecule is CN=C(NCCc1c[nH]c2cc(C)ccc12)NCC(OC)c1ccccc1. The summed E-state index contributed by atoms with van der Waals surface area (Å²) in [4.78, 5) is 7.67. The van der Waals surface area contributed by atoms with Crippen molar-refractivity contribution in [2.45, 2.75) is 19.4 Å².